The number of non-ortho nitro benzene ring substituents is 1. The maximum atomic E-state index is 12.7. The summed E-state index contributed by atoms with van der Waals surface area (Å²) in [5.41, 5.74) is 0.676. The lowest BCUT2D eigenvalue weighted by Gasteiger charge is -2.05. The van der Waals surface area contributed by atoms with Crippen molar-refractivity contribution in [2.75, 3.05) is 5.32 Å². The first-order valence-corrected chi connectivity index (χ1v) is 9.38. The number of halogens is 1. The minimum Gasteiger partial charge on any atom is -0.321 e. The van der Waals surface area contributed by atoms with E-state index in [2.05, 4.69) is 10.3 Å². The minimum absolute atomic E-state index is 0.0874. The number of amides is 1. The van der Waals surface area contributed by atoms with Crippen LogP contribution in [0.15, 0.2) is 47.3 Å². The summed E-state index contributed by atoms with van der Waals surface area (Å²) >= 11 is 12.5. The van der Waals surface area contributed by atoms with Gasteiger partial charge < -0.3 is 10.3 Å². The number of nitrogens with zero attached hydrogens (tertiary/aromatic N) is 2. The smallest absolute Gasteiger partial charge is 0.269 e. The Morgan fingerprint density at radius 3 is 2.64 bits per heavy atom. The summed E-state index contributed by atoms with van der Waals surface area (Å²) in [6.45, 7) is 0. The van der Waals surface area contributed by atoms with Gasteiger partial charge in [0.1, 0.15) is 10.5 Å². The van der Waals surface area contributed by atoms with Crippen molar-refractivity contribution in [1.82, 2.24) is 9.38 Å². The number of nitro benzene ring substituents is 1. The molecule has 0 unspecified atom stereocenters. The summed E-state index contributed by atoms with van der Waals surface area (Å²) in [5.74, 6) is -0.496. The number of hydrogen-bond donors (Lipinski definition) is 2. The topological polar surface area (TPSA) is 110 Å². The van der Waals surface area contributed by atoms with Crippen LogP contribution in [0.1, 0.15) is 9.67 Å². The number of benzene rings is 2. The molecule has 0 atom stereocenters. The second-order valence-electron chi connectivity index (χ2n) is 5.75. The number of thiazole rings is 1. The molecule has 1 amide bonds. The number of carbonyl (C=O) groups is 1. The third-order valence-corrected chi connectivity index (χ3v) is 5.64. The predicted molar refractivity (Wildman–Crippen MR) is 110 cm³/mol. The monoisotopic (exact) mass is 432 g/mol. The van der Waals surface area contributed by atoms with Crippen molar-refractivity contribution in [3.05, 3.63) is 76.8 Å². The molecule has 0 bridgehead atoms. The summed E-state index contributed by atoms with van der Waals surface area (Å²) < 4.78 is 1.96. The second-order valence-corrected chi connectivity index (χ2v) is 7.84. The van der Waals surface area contributed by atoms with E-state index in [1.54, 1.807) is 22.6 Å². The van der Waals surface area contributed by atoms with E-state index in [1.165, 1.54) is 24.3 Å². The summed E-state index contributed by atoms with van der Waals surface area (Å²) in [5, 5.41) is 14.2. The molecule has 140 valence electrons. The van der Waals surface area contributed by atoms with Crippen LogP contribution in [-0.4, -0.2) is 20.2 Å². The molecule has 0 saturated carbocycles. The molecule has 2 aromatic heterocycles. The van der Waals surface area contributed by atoms with Gasteiger partial charge in [0, 0.05) is 22.8 Å². The highest BCUT2D eigenvalue weighted by Crippen LogP contribution is 2.25. The number of rotatable bonds is 3. The highest BCUT2D eigenvalue weighted by atomic mass is 35.5. The first-order chi connectivity index (χ1) is 13.3. The Labute approximate surface area is 170 Å². The van der Waals surface area contributed by atoms with Crippen molar-refractivity contribution in [2.45, 2.75) is 0 Å². The first-order valence-electron chi connectivity index (χ1n) is 7.78. The van der Waals surface area contributed by atoms with Gasteiger partial charge in [0.15, 0.2) is 3.95 Å². The Hall–Kier alpha value is -3.08. The van der Waals surface area contributed by atoms with Crippen LogP contribution in [-0.2, 0) is 0 Å². The number of anilines is 1. The van der Waals surface area contributed by atoms with Crippen molar-refractivity contribution in [1.29, 1.82) is 0 Å². The van der Waals surface area contributed by atoms with E-state index in [-0.39, 0.29) is 21.8 Å². The molecule has 28 heavy (non-hydrogen) atoms. The van der Waals surface area contributed by atoms with E-state index in [1.807, 2.05) is 0 Å². The number of hydrogen-bond acceptors (Lipinski definition) is 6. The lowest BCUT2D eigenvalue weighted by Crippen LogP contribution is -2.15. The number of nitrogens with one attached hydrogen (secondary N) is 2. The van der Waals surface area contributed by atoms with Crippen LogP contribution in [0.5, 0.6) is 0 Å². The SMILES string of the molecule is O=C(Nc1ccc([N+](=O)[O-])cc1)c1sc(=S)n2c1[nH]c(=O)c1ccc(Cl)cc12. The fraction of sp³-hybridized carbons (Fsp3) is 0. The highest BCUT2D eigenvalue weighted by molar-refractivity contribution is 7.73. The fourth-order valence-corrected chi connectivity index (χ4v) is 4.21. The van der Waals surface area contributed by atoms with Gasteiger partial charge in [-0.05, 0) is 42.5 Å². The third kappa shape index (κ3) is 3.07. The molecule has 0 spiro atoms. The zero-order valence-electron chi connectivity index (χ0n) is 13.8. The summed E-state index contributed by atoms with van der Waals surface area (Å²) in [6, 6.07) is 10.2. The van der Waals surface area contributed by atoms with Crippen molar-refractivity contribution in [3.8, 4) is 0 Å². The summed E-state index contributed by atoms with van der Waals surface area (Å²) in [6.07, 6.45) is 0. The molecule has 2 N–H and O–H groups in total. The molecule has 8 nitrogen and oxygen atoms in total. The minimum atomic E-state index is -0.528. The van der Waals surface area contributed by atoms with Gasteiger partial charge in [-0.25, -0.2) is 0 Å². The second kappa shape index (κ2) is 6.82. The van der Waals surface area contributed by atoms with Gasteiger partial charge in [0.2, 0.25) is 0 Å². The molecular weight excluding hydrogens is 424 g/mol. The maximum Gasteiger partial charge on any atom is 0.269 e. The number of nitro groups is 1. The normalized spacial score (nSPS) is 11.0. The van der Waals surface area contributed by atoms with Gasteiger partial charge in [-0.3, -0.25) is 24.1 Å². The molecule has 0 radical (unpaired) electrons. The molecule has 0 aliphatic rings. The maximum absolute atomic E-state index is 12.7. The number of aromatic nitrogens is 2. The van der Waals surface area contributed by atoms with Crippen molar-refractivity contribution < 1.29 is 9.72 Å². The molecule has 0 aliphatic heterocycles. The largest absolute Gasteiger partial charge is 0.321 e. The number of H-pyrrole nitrogens is 1. The van der Waals surface area contributed by atoms with Gasteiger partial charge in [-0.2, -0.15) is 0 Å². The molecule has 4 aromatic rings. The average Bonchev–Trinajstić information content (AvgIpc) is 2.98. The van der Waals surface area contributed by atoms with Gasteiger partial charge >= 0.3 is 0 Å². The standard InChI is InChI=1S/C17H9ClN4O4S2/c18-8-1-6-11-12(7-8)21-14(20-15(11)23)13(28-17(21)27)16(24)19-9-2-4-10(5-3-9)22(25)26/h1-7H,(H,19,24)(H,20,23). The molecule has 0 saturated heterocycles. The van der Waals surface area contributed by atoms with E-state index in [0.29, 0.717) is 25.6 Å². The van der Waals surface area contributed by atoms with Gasteiger partial charge in [0.25, 0.3) is 17.2 Å². The predicted octanol–water partition coefficient (Wildman–Crippen LogP) is 4.39. The van der Waals surface area contributed by atoms with Crippen LogP contribution < -0.4 is 10.9 Å². The Morgan fingerprint density at radius 1 is 1.25 bits per heavy atom. The van der Waals surface area contributed by atoms with E-state index in [9.17, 15) is 19.7 Å². The van der Waals surface area contributed by atoms with Crippen molar-refractivity contribution in [3.63, 3.8) is 0 Å². The average molecular weight is 433 g/mol. The third-order valence-electron chi connectivity index (χ3n) is 4.03. The van der Waals surface area contributed by atoms with E-state index >= 15 is 0 Å². The number of carbonyl (C=O) groups excluding carboxylic acids is 1. The Bertz CT molecular complexity index is 1390. The van der Waals surface area contributed by atoms with Crippen LogP contribution in [0.3, 0.4) is 0 Å². The van der Waals surface area contributed by atoms with E-state index < -0.39 is 10.8 Å². The van der Waals surface area contributed by atoms with E-state index in [4.69, 9.17) is 23.8 Å². The lowest BCUT2D eigenvalue weighted by atomic mass is 10.2. The molecule has 2 heterocycles. The molecule has 0 aliphatic carbocycles. The Kier molecular flexibility index (Phi) is 4.46. The highest BCUT2D eigenvalue weighted by Gasteiger charge is 2.18. The van der Waals surface area contributed by atoms with E-state index in [0.717, 1.165) is 11.3 Å². The molecule has 11 heteroatoms. The Morgan fingerprint density at radius 2 is 1.96 bits per heavy atom. The number of fused-ring (bicyclic) bond motifs is 3. The van der Waals surface area contributed by atoms with Crippen LogP contribution in [0.2, 0.25) is 5.02 Å². The first kappa shape index (κ1) is 18.3. The van der Waals surface area contributed by atoms with Gasteiger partial charge in [0.05, 0.1) is 15.8 Å². The van der Waals surface area contributed by atoms with Gasteiger partial charge in [-0.15, -0.1) is 0 Å². The van der Waals surface area contributed by atoms with Crippen LogP contribution >= 0.6 is 35.2 Å². The molecule has 0 fully saturated rings. The summed E-state index contributed by atoms with van der Waals surface area (Å²) in [4.78, 5) is 38.2. The molecule has 2 aromatic carbocycles. The quantitative estimate of drug-likeness (QED) is 0.283. The molecule has 4 rings (SSSR count). The Balaban J connectivity index is 1.81. The zero-order valence-corrected chi connectivity index (χ0v) is 16.2. The number of aromatic amines is 1. The van der Waals surface area contributed by atoms with Crippen molar-refractivity contribution in [2.24, 2.45) is 0 Å². The lowest BCUT2D eigenvalue weighted by molar-refractivity contribution is -0.384. The summed E-state index contributed by atoms with van der Waals surface area (Å²) in [7, 11) is 0. The zero-order chi connectivity index (χ0) is 20.0. The molecular formula is C17H9ClN4O4S2. The van der Waals surface area contributed by atoms with Crippen LogP contribution in [0.25, 0.3) is 16.6 Å². The van der Waals surface area contributed by atoms with Crippen LogP contribution in [0, 0.1) is 14.1 Å². The van der Waals surface area contributed by atoms with Crippen molar-refractivity contribution >= 4 is 69.0 Å². The fourth-order valence-electron chi connectivity index (χ4n) is 2.77. The van der Waals surface area contributed by atoms with Crippen LogP contribution in [0.4, 0.5) is 11.4 Å². The van der Waals surface area contributed by atoms with Gasteiger partial charge in [-0.1, -0.05) is 22.9 Å².